The average molecular weight is 272 g/mol. The summed E-state index contributed by atoms with van der Waals surface area (Å²) in [6.07, 6.45) is 1.53. The van der Waals surface area contributed by atoms with Crippen LogP contribution < -0.4 is 4.74 Å². The van der Waals surface area contributed by atoms with Crippen LogP contribution in [0.15, 0.2) is 30.5 Å². The second kappa shape index (κ2) is 7.43. The molecule has 0 atom stereocenters. The number of hydrogen-bond donors (Lipinski definition) is 0. The molecule has 0 radical (unpaired) electrons. The quantitative estimate of drug-likeness (QED) is 0.723. The number of methoxy groups -OCH3 is 1. The predicted octanol–water partition coefficient (Wildman–Crippen LogP) is 2.15. The van der Waals surface area contributed by atoms with Crippen molar-refractivity contribution in [2.24, 2.45) is 0 Å². The Morgan fingerprint density at radius 1 is 1.15 bits per heavy atom. The summed E-state index contributed by atoms with van der Waals surface area (Å²) in [4.78, 5) is 4.23. The van der Waals surface area contributed by atoms with Crippen molar-refractivity contribution < 1.29 is 14.2 Å². The number of hydrogen-bond acceptors (Lipinski definition) is 5. The Kier molecular flexibility index (Phi) is 5.30. The molecular formula is C15H16N2O3. The van der Waals surface area contributed by atoms with Gasteiger partial charge in [0.05, 0.1) is 25.3 Å². The molecular weight excluding hydrogens is 256 g/mol. The van der Waals surface area contributed by atoms with E-state index in [1.54, 1.807) is 7.11 Å². The van der Waals surface area contributed by atoms with Crippen molar-refractivity contribution in [3.8, 4) is 11.8 Å². The van der Waals surface area contributed by atoms with Gasteiger partial charge in [-0.2, -0.15) is 5.26 Å². The van der Waals surface area contributed by atoms with E-state index in [-0.39, 0.29) is 0 Å². The van der Waals surface area contributed by atoms with E-state index in [0.717, 1.165) is 10.9 Å². The fraction of sp³-hybridized carbons (Fsp3) is 0.333. The second-order valence-corrected chi connectivity index (χ2v) is 4.08. The number of ether oxygens (including phenoxy) is 3. The first kappa shape index (κ1) is 14.3. The van der Waals surface area contributed by atoms with Crippen molar-refractivity contribution in [2.75, 3.05) is 33.5 Å². The first-order chi connectivity index (χ1) is 9.86. The van der Waals surface area contributed by atoms with E-state index < -0.39 is 0 Å². The largest absolute Gasteiger partial charge is 0.489 e. The van der Waals surface area contributed by atoms with Crippen LogP contribution in [0.4, 0.5) is 0 Å². The minimum Gasteiger partial charge on any atom is -0.489 e. The Morgan fingerprint density at radius 3 is 2.75 bits per heavy atom. The highest BCUT2D eigenvalue weighted by atomic mass is 16.5. The van der Waals surface area contributed by atoms with Gasteiger partial charge < -0.3 is 14.2 Å². The Balaban J connectivity index is 2.06. The molecule has 0 saturated heterocycles. The van der Waals surface area contributed by atoms with Gasteiger partial charge in [0.15, 0.2) is 0 Å². The lowest BCUT2D eigenvalue weighted by atomic mass is 10.1. The van der Waals surface area contributed by atoms with Crippen molar-refractivity contribution in [3.63, 3.8) is 0 Å². The van der Waals surface area contributed by atoms with Gasteiger partial charge in [-0.15, -0.1) is 0 Å². The van der Waals surface area contributed by atoms with Crippen LogP contribution in [0.25, 0.3) is 10.9 Å². The monoisotopic (exact) mass is 272 g/mol. The molecule has 0 amide bonds. The highest BCUT2D eigenvalue weighted by molar-refractivity contribution is 5.86. The first-order valence-electron chi connectivity index (χ1n) is 6.34. The summed E-state index contributed by atoms with van der Waals surface area (Å²) in [7, 11) is 1.63. The maximum Gasteiger partial charge on any atom is 0.148 e. The number of para-hydroxylation sites is 1. The number of nitriles is 1. The maximum atomic E-state index is 9.13. The molecule has 0 N–H and O–H groups in total. The van der Waals surface area contributed by atoms with Crippen molar-refractivity contribution in [2.45, 2.75) is 0 Å². The van der Waals surface area contributed by atoms with Gasteiger partial charge >= 0.3 is 0 Å². The van der Waals surface area contributed by atoms with Crippen molar-refractivity contribution in [1.82, 2.24) is 4.98 Å². The lowest BCUT2D eigenvalue weighted by molar-refractivity contribution is 0.0546. The third kappa shape index (κ3) is 3.44. The summed E-state index contributed by atoms with van der Waals surface area (Å²) >= 11 is 0. The molecule has 0 unspecified atom stereocenters. The second-order valence-electron chi connectivity index (χ2n) is 4.08. The number of rotatable bonds is 7. The van der Waals surface area contributed by atoms with Gasteiger partial charge in [-0.05, 0) is 12.1 Å². The van der Waals surface area contributed by atoms with Gasteiger partial charge in [-0.1, -0.05) is 12.1 Å². The molecule has 0 spiro atoms. The smallest absolute Gasteiger partial charge is 0.148 e. The number of fused-ring (bicyclic) bond motifs is 1. The van der Waals surface area contributed by atoms with Crippen molar-refractivity contribution >= 4 is 10.9 Å². The summed E-state index contributed by atoms with van der Waals surface area (Å²) in [5.41, 5.74) is 1.24. The highest BCUT2D eigenvalue weighted by Crippen LogP contribution is 2.27. The minimum absolute atomic E-state index is 0.381. The van der Waals surface area contributed by atoms with E-state index in [4.69, 9.17) is 19.5 Å². The molecule has 0 saturated carbocycles. The molecule has 0 aliphatic rings. The normalized spacial score (nSPS) is 10.4. The molecule has 1 aromatic heterocycles. The van der Waals surface area contributed by atoms with E-state index in [2.05, 4.69) is 11.1 Å². The Hall–Kier alpha value is -2.16. The van der Waals surface area contributed by atoms with E-state index in [1.165, 1.54) is 6.20 Å². The number of pyridine rings is 1. The Morgan fingerprint density at radius 2 is 1.95 bits per heavy atom. The molecule has 0 aliphatic carbocycles. The van der Waals surface area contributed by atoms with Crippen LogP contribution in [0, 0.1) is 11.3 Å². The van der Waals surface area contributed by atoms with Crippen LogP contribution >= 0.6 is 0 Å². The van der Waals surface area contributed by atoms with Gasteiger partial charge in [0.1, 0.15) is 24.0 Å². The van der Waals surface area contributed by atoms with Gasteiger partial charge in [-0.3, -0.25) is 4.98 Å². The lowest BCUT2D eigenvalue weighted by Crippen LogP contribution is -2.10. The Bertz CT molecular complexity index is 608. The third-order valence-electron chi connectivity index (χ3n) is 2.75. The zero-order chi connectivity index (χ0) is 14.2. The predicted molar refractivity (Wildman–Crippen MR) is 74.6 cm³/mol. The standard InChI is InChI=1S/C15H16N2O3/c1-18-6-7-19-8-9-20-15-12(10-16)11-17-14-5-3-2-4-13(14)15/h2-5,11H,6-9H2,1H3. The van der Waals surface area contributed by atoms with Crippen LogP contribution in [0.1, 0.15) is 5.56 Å². The summed E-state index contributed by atoms with van der Waals surface area (Å²) in [5.74, 6) is 0.563. The molecule has 5 heteroatoms. The van der Waals surface area contributed by atoms with Crippen LogP contribution in [0.2, 0.25) is 0 Å². The minimum atomic E-state index is 0.381. The third-order valence-corrected chi connectivity index (χ3v) is 2.75. The van der Waals surface area contributed by atoms with Crippen molar-refractivity contribution in [3.05, 3.63) is 36.0 Å². The molecule has 0 aliphatic heterocycles. The van der Waals surface area contributed by atoms with Gasteiger partial charge in [0.2, 0.25) is 0 Å². The molecule has 2 aromatic rings. The molecule has 20 heavy (non-hydrogen) atoms. The molecule has 0 bridgehead atoms. The summed E-state index contributed by atoms with van der Waals surface area (Å²) in [6, 6.07) is 9.68. The highest BCUT2D eigenvalue weighted by Gasteiger charge is 2.09. The van der Waals surface area contributed by atoms with Crippen molar-refractivity contribution in [1.29, 1.82) is 5.26 Å². The fourth-order valence-corrected chi connectivity index (χ4v) is 1.80. The Labute approximate surface area is 117 Å². The molecule has 1 heterocycles. The number of aromatic nitrogens is 1. The zero-order valence-electron chi connectivity index (χ0n) is 11.3. The number of nitrogens with zero attached hydrogens (tertiary/aromatic N) is 2. The van der Waals surface area contributed by atoms with Crippen LogP contribution in [-0.4, -0.2) is 38.5 Å². The summed E-state index contributed by atoms with van der Waals surface area (Å²) in [5, 5.41) is 9.97. The van der Waals surface area contributed by atoms with E-state index >= 15 is 0 Å². The van der Waals surface area contributed by atoms with E-state index in [1.807, 2.05) is 24.3 Å². The maximum absolute atomic E-state index is 9.13. The molecule has 0 fully saturated rings. The molecule has 104 valence electrons. The molecule has 5 nitrogen and oxygen atoms in total. The fourth-order valence-electron chi connectivity index (χ4n) is 1.80. The van der Waals surface area contributed by atoms with Gasteiger partial charge in [0, 0.05) is 18.7 Å². The van der Waals surface area contributed by atoms with E-state index in [9.17, 15) is 0 Å². The van der Waals surface area contributed by atoms with Gasteiger partial charge in [-0.25, -0.2) is 0 Å². The molecule has 1 aromatic carbocycles. The molecule has 2 rings (SSSR count). The summed E-state index contributed by atoms with van der Waals surface area (Å²) in [6.45, 7) is 1.92. The number of benzene rings is 1. The average Bonchev–Trinajstić information content (AvgIpc) is 2.50. The van der Waals surface area contributed by atoms with Crippen LogP contribution in [0.3, 0.4) is 0 Å². The summed E-state index contributed by atoms with van der Waals surface area (Å²) < 4.78 is 15.9. The zero-order valence-corrected chi connectivity index (χ0v) is 11.3. The topological polar surface area (TPSA) is 64.4 Å². The van der Waals surface area contributed by atoms with Gasteiger partial charge in [0.25, 0.3) is 0 Å². The van der Waals surface area contributed by atoms with Crippen LogP contribution in [-0.2, 0) is 9.47 Å². The van der Waals surface area contributed by atoms with E-state index in [0.29, 0.717) is 37.7 Å². The van der Waals surface area contributed by atoms with Crippen LogP contribution in [0.5, 0.6) is 5.75 Å². The lowest BCUT2D eigenvalue weighted by Gasteiger charge is -2.10. The SMILES string of the molecule is COCCOCCOc1c(C#N)cnc2ccccc12. The first-order valence-corrected chi connectivity index (χ1v) is 6.34.